The summed E-state index contributed by atoms with van der Waals surface area (Å²) in [4.78, 5) is 16.7. The Balaban J connectivity index is 1.89. The van der Waals surface area contributed by atoms with Crippen LogP contribution < -0.4 is 5.32 Å². The van der Waals surface area contributed by atoms with Gasteiger partial charge in [-0.3, -0.25) is 4.79 Å². The molecule has 21 heavy (non-hydrogen) atoms. The lowest BCUT2D eigenvalue weighted by Crippen LogP contribution is -2.48. The molecule has 1 N–H and O–H groups in total. The summed E-state index contributed by atoms with van der Waals surface area (Å²) in [5, 5.41) is 4.07. The monoisotopic (exact) mass is 320 g/mol. The van der Waals surface area contributed by atoms with Gasteiger partial charge in [-0.25, -0.2) is 0 Å². The summed E-state index contributed by atoms with van der Waals surface area (Å²) in [6.07, 6.45) is 0. The van der Waals surface area contributed by atoms with E-state index in [1.807, 2.05) is 48.2 Å². The molecule has 2 heterocycles. The molecule has 1 amide bonds. The summed E-state index contributed by atoms with van der Waals surface area (Å²) in [6.45, 7) is 4.32. The van der Waals surface area contributed by atoms with E-state index in [2.05, 4.69) is 5.32 Å². The highest BCUT2D eigenvalue weighted by Crippen LogP contribution is 2.27. The average Bonchev–Trinajstić information content (AvgIpc) is 2.93. The summed E-state index contributed by atoms with van der Waals surface area (Å²) in [5.74, 6) is 0.111. The van der Waals surface area contributed by atoms with Gasteiger partial charge >= 0.3 is 0 Å². The fourth-order valence-corrected chi connectivity index (χ4v) is 3.67. The molecule has 1 fully saturated rings. The Kier molecular flexibility index (Phi) is 4.29. The van der Waals surface area contributed by atoms with Crippen molar-refractivity contribution in [2.24, 2.45) is 0 Å². The van der Waals surface area contributed by atoms with Gasteiger partial charge in [0.05, 0.1) is 10.9 Å². The second-order valence-corrected chi connectivity index (χ2v) is 6.91. The van der Waals surface area contributed by atoms with Gasteiger partial charge in [-0.05, 0) is 36.8 Å². The molecule has 5 heteroatoms. The first-order chi connectivity index (χ1) is 10.1. The lowest BCUT2D eigenvalue weighted by atomic mass is 10.0. The molecule has 1 aliphatic rings. The number of amides is 1. The van der Waals surface area contributed by atoms with E-state index in [9.17, 15) is 4.79 Å². The minimum absolute atomic E-state index is 0.0346. The Hall–Kier alpha value is -1.36. The van der Waals surface area contributed by atoms with Crippen molar-refractivity contribution in [3.8, 4) is 0 Å². The van der Waals surface area contributed by atoms with Crippen LogP contribution in [0.2, 0.25) is 5.02 Å². The highest BCUT2D eigenvalue weighted by atomic mass is 35.5. The van der Waals surface area contributed by atoms with Crippen LogP contribution in [0.25, 0.3) is 0 Å². The maximum atomic E-state index is 12.8. The molecule has 0 radical (unpaired) electrons. The highest BCUT2D eigenvalue weighted by Gasteiger charge is 2.29. The SMILES string of the molecule is Cc1ccc(C(=O)N2CCNCC2c2cccc(Cl)c2)s1. The molecule has 3 rings (SSSR count). The fraction of sp³-hybridized carbons (Fsp3) is 0.312. The van der Waals surface area contributed by atoms with Gasteiger partial charge in [0, 0.05) is 29.5 Å². The number of nitrogens with one attached hydrogen (secondary N) is 1. The van der Waals surface area contributed by atoms with Crippen molar-refractivity contribution < 1.29 is 4.79 Å². The Morgan fingerprint density at radius 1 is 1.38 bits per heavy atom. The van der Waals surface area contributed by atoms with Crippen molar-refractivity contribution >= 4 is 28.8 Å². The van der Waals surface area contributed by atoms with Gasteiger partial charge in [-0.1, -0.05) is 23.7 Å². The predicted octanol–water partition coefficient (Wildman–Crippen LogP) is 3.50. The summed E-state index contributed by atoms with van der Waals surface area (Å²) in [6, 6.07) is 11.7. The van der Waals surface area contributed by atoms with Crippen molar-refractivity contribution in [1.82, 2.24) is 10.2 Å². The molecule has 0 spiro atoms. The number of benzene rings is 1. The molecule has 0 aliphatic carbocycles. The van der Waals surface area contributed by atoms with Crippen molar-refractivity contribution in [2.75, 3.05) is 19.6 Å². The van der Waals surface area contributed by atoms with E-state index in [-0.39, 0.29) is 11.9 Å². The predicted molar refractivity (Wildman–Crippen MR) is 87.2 cm³/mol. The van der Waals surface area contributed by atoms with Crippen LogP contribution in [0, 0.1) is 6.92 Å². The summed E-state index contributed by atoms with van der Waals surface area (Å²) >= 11 is 7.64. The summed E-state index contributed by atoms with van der Waals surface area (Å²) in [7, 11) is 0. The van der Waals surface area contributed by atoms with E-state index >= 15 is 0 Å². The topological polar surface area (TPSA) is 32.3 Å². The van der Waals surface area contributed by atoms with Crippen LogP contribution in [0.4, 0.5) is 0 Å². The molecule has 110 valence electrons. The molecule has 0 bridgehead atoms. The molecular formula is C16H17ClN2OS. The highest BCUT2D eigenvalue weighted by molar-refractivity contribution is 7.13. The van der Waals surface area contributed by atoms with Gasteiger partial charge in [0.15, 0.2) is 0 Å². The summed E-state index contributed by atoms with van der Waals surface area (Å²) < 4.78 is 0. The van der Waals surface area contributed by atoms with Gasteiger partial charge < -0.3 is 10.2 Å². The van der Waals surface area contributed by atoms with Gasteiger partial charge in [-0.15, -0.1) is 11.3 Å². The zero-order chi connectivity index (χ0) is 14.8. The fourth-order valence-electron chi connectivity index (χ4n) is 2.65. The van der Waals surface area contributed by atoms with Gasteiger partial charge in [-0.2, -0.15) is 0 Å². The van der Waals surface area contributed by atoms with Crippen LogP contribution in [-0.4, -0.2) is 30.4 Å². The quantitative estimate of drug-likeness (QED) is 0.918. The molecule has 2 aromatic rings. The van der Waals surface area contributed by atoms with Crippen LogP contribution >= 0.6 is 22.9 Å². The second-order valence-electron chi connectivity index (χ2n) is 5.18. The summed E-state index contributed by atoms with van der Waals surface area (Å²) in [5.41, 5.74) is 1.08. The van der Waals surface area contributed by atoms with Gasteiger partial charge in [0.1, 0.15) is 0 Å². The lowest BCUT2D eigenvalue weighted by molar-refractivity contribution is 0.0639. The minimum atomic E-state index is 0.0346. The molecule has 1 aromatic heterocycles. The third-order valence-electron chi connectivity index (χ3n) is 3.69. The van der Waals surface area contributed by atoms with Crippen LogP contribution in [0.5, 0.6) is 0 Å². The first kappa shape index (κ1) is 14.6. The third-order valence-corrected chi connectivity index (χ3v) is 4.91. The van der Waals surface area contributed by atoms with Crippen molar-refractivity contribution in [2.45, 2.75) is 13.0 Å². The van der Waals surface area contributed by atoms with Crippen LogP contribution in [-0.2, 0) is 0 Å². The maximum Gasteiger partial charge on any atom is 0.264 e. The number of hydrogen-bond donors (Lipinski definition) is 1. The number of hydrogen-bond acceptors (Lipinski definition) is 3. The van der Waals surface area contributed by atoms with Crippen LogP contribution in [0.3, 0.4) is 0 Å². The largest absolute Gasteiger partial charge is 0.328 e. The number of nitrogens with zero attached hydrogens (tertiary/aromatic N) is 1. The van der Waals surface area contributed by atoms with Crippen molar-refractivity contribution in [1.29, 1.82) is 0 Å². The molecule has 1 aliphatic heterocycles. The number of aryl methyl sites for hydroxylation is 1. The van der Waals surface area contributed by atoms with Crippen LogP contribution in [0.15, 0.2) is 36.4 Å². The Morgan fingerprint density at radius 3 is 2.95 bits per heavy atom. The molecule has 1 atom stereocenters. The number of halogens is 1. The van der Waals surface area contributed by atoms with Gasteiger partial charge in [0.2, 0.25) is 0 Å². The van der Waals surface area contributed by atoms with E-state index in [1.54, 1.807) is 11.3 Å². The van der Waals surface area contributed by atoms with E-state index < -0.39 is 0 Å². The third kappa shape index (κ3) is 3.12. The zero-order valence-electron chi connectivity index (χ0n) is 11.8. The Labute approximate surface area is 133 Å². The standard InChI is InChI=1S/C16H17ClN2OS/c1-11-5-6-15(21-11)16(20)19-8-7-18-10-14(19)12-3-2-4-13(17)9-12/h2-6,9,14,18H,7-8,10H2,1H3. The van der Waals surface area contributed by atoms with E-state index in [4.69, 9.17) is 11.6 Å². The smallest absolute Gasteiger partial charge is 0.264 e. The van der Waals surface area contributed by atoms with E-state index in [0.717, 1.165) is 28.4 Å². The normalized spacial score (nSPS) is 18.8. The molecular weight excluding hydrogens is 304 g/mol. The minimum Gasteiger partial charge on any atom is -0.328 e. The lowest BCUT2D eigenvalue weighted by Gasteiger charge is -2.36. The van der Waals surface area contributed by atoms with Crippen molar-refractivity contribution in [3.63, 3.8) is 0 Å². The Morgan fingerprint density at radius 2 is 2.24 bits per heavy atom. The first-order valence-corrected chi connectivity index (χ1v) is 8.18. The first-order valence-electron chi connectivity index (χ1n) is 6.99. The molecule has 1 unspecified atom stereocenters. The zero-order valence-corrected chi connectivity index (χ0v) is 13.4. The molecule has 1 saturated heterocycles. The second kappa shape index (κ2) is 6.18. The Bertz CT molecular complexity index is 655. The molecule has 0 saturated carbocycles. The van der Waals surface area contributed by atoms with Crippen LogP contribution in [0.1, 0.15) is 26.2 Å². The number of rotatable bonds is 2. The molecule has 1 aromatic carbocycles. The number of carbonyl (C=O) groups is 1. The van der Waals surface area contributed by atoms with E-state index in [1.165, 1.54) is 0 Å². The van der Waals surface area contributed by atoms with Crippen molar-refractivity contribution in [3.05, 3.63) is 56.7 Å². The molecule has 3 nitrogen and oxygen atoms in total. The van der Waals surface area contributed by atoms with E-state index in [0.29, 0.717) is 11.6 Å². The average molecular weight is 321 g/mol. The number of thiophene rings is 1. The maximum absolute atomic E-state index is 12.8. The number of piperazine rings is 1. The number of carbonyl (C=O) groups excluding carboxylic acids is 1. The van der Waals surface area contributed by atoms with Gasteiger partial charge in [0.25, 0.3) is 5.91 Å².